The summed E-state index contributed by atoms with van der Waals surface area (Å²) in [5, 5.41) is 3.30. The molecule has 0 radical (unpaired) electrons. The average molecular weight is 409 g/mol. The fraction of sp³-hybridized carbons (Fsp3) is 0.857. The predicted octanol–water partition coefficient (Wildman–Crippen LogP) is 2.21. The van der Waals surface area contributed by atoms with Gasteiger partial charge in [0.05, 0.1) is 25.1 Å². The molecule has 2 aliphatic carbocycles. The van der Waals surface area contributed by atoms with Crippen molar-refractivity contribution in [2.24, 2.45) is 23.2 Å². The summed E-state index contributed by atoms with van der Waals surface area (Å²) in [7, 11) is 1.40. The third-order valence-corrected chi connectivity index (χ3v) is 8.58. The number of nitrogens with one attached hydrogen (secondary N) is 1. The second-order valence-corrected chi connectivity index (χ2v) is 10.3. The third-order valence-electron chi connectivity index (χ3n) is 7.59. The van der Waals surface area contributed by atoms with Crippen LogP contribution in [0.3, 0.4) is 0 Å². The van der Waals surface area contributed by atoms with Crippen molar-refractivity contribution in [1.29, 1.82) is 0 Å². The number of ether oxygens (including phenoxy) is 1. The average Bonchev–Trinajstić information content (AvgIpc) is 3.19. The Morgan fingerprint density at radius 3 is 2.54 bits per heavy atom. The SMILES string of the molecule is CC[C@@H]1[C@@H](NC(=O)C2CC23CCSCC3)CCN1C(=O)C1CC(C(=O)OC)C1. The van der Waals surface area contributed by atoms with Crippen LogP contribution in [0, 0.1) is 23.2 Å². The smallest absolute Gasteiger partial charge is 0.308 e. The second-order valence-electron chi connectivity index (χ2n) is 9.03. The minimum absolute atomic E-state index is 0.0635. The number of esters is 1. The molecule has 7 heteroatoms. The normalized spacial score (nSPS) is 35.9. The van der Waals surface area contributed by atoms with Crippen LogP contribution in [0.4, 0.5) is 0 Å². The lowest BCUT2D eigenvalue weighted by Crippen LogP contribution is -2.50. The van der Waals surface area contributed by atoms with Gasteiger partial charge < -0.3 is 15.0 Å². The summed E-state index contributed by atoms with van der Waals surface area (Å²) in [5.41, 5.74) is 0.278. The molecule has 28 heavy (non-hydrogen) atoms. The van der Waals surface area contributed by atoms with E-state index in [0.29, 0.717) is 19.4 Å². The molecule has 3 atom stereocenters. The molecule has 4 fully saturated rings. The topological polar surface area (TPSA) is 75.7 Å². The Morgan fingerprint density at radius 2 is 1.89 bits per heavy atom. The monoisotopic (exact) mass is 408 g/mol. The Bertz CT molecular complexity index is 642. The molecule has 4 rings (SSSR count). The number of carbonyl (C=O) groups excluding carboxylic acids is 3. The zero-order chi connectivity index (χ0) is 19.9. The number of likely N-dealkylation sites (tertiary alicyclic amines) is 1. The van der Waals surface area contributed by atoms with Crippen LogP contribution >= 0.6 is 11.8 Å². The Kier molecular flexibility index (Phi) is 5.64. The molecule has 0 aromatic heterocycles. The van der Waals surface area contributed by atoms with Gasteiger partial charge in [0.15, 0.2) is 0 Å². The third kappa shape index (κ3) is 3.55. The fourth-order valence-electron chi connectivity index (χ4n) is 5.55. The van der Waals surface area contributed by atoms with Crippen molar-refractivity contribution in [2.75, 3.05) is 25.2 Å². The van der Waals surface area contributed by atoms with Crippen LogP contribution in [0.5, 0.6) is 0 Å². The lowest BCUT2D eigenvalue weighted by atomic mass is 9.74. The lowest BCUT2D eigenvalue weighted by molar-refractivity contribution is -0.154. The van der Waals surface area contributed by atoms with Crippen molar-refractivity contribution in [3.05, 3.63) is 0 Å². The maximum atomic E-state index is 12.9. The van der Waals surface area contributed by atoms with E-state index in [1.54, 1.807) is 0 Å². The molecule has 2 heterocycles. The highest BCUT2D eigenvalue weighted by molar-refractivity contribution is 7.99. The number of carbonyl (C=O) groups is 3. The first-order valence-corrected chi connectivity index (χ1v) is 11.9. The molecule has 2 saturated heterocycles. The van der Waals surface area contributed by atoms with Crippen molar-refractivity contribution < 1.29 is 19.1 Å². The Morgan fingerprint density at radius 1 is 1.18 bits per heavy atom. The van der Waals surface area contributed by atoms with Gasteiger partial charge in [0.2, 0.25) is 11.8 Å². The molecule has 1 unspecified atom stereocenters. The predicted molar refractivity (Wildman–Crippen MR) is 108 cm³/mol. The van der Waals surface area contributed by atoms with E-state index in [9.17, 15) is 14.4 Å². The standard InChI is InChI=1S/C21H32N2O4S/c1-3-17-16(22-18(24)15-12-21(15)5-8-28-9-6-21)4-7-23(17)19(25)13-10-14(11-13)20(26)27-2/h13-17H,3-12H2,1-2H3,(H,22,24)/t13?,14?,15?,16-,17+/m0/s1. The first-order valence-electron chi connectivity index (χ1n) is 10.8. The van der Waals surface area contributed by atoms with Gasteiger partial charge in [0.1, 0.15) is 0 Å². The van der Waals surface area contributed by atoms with Crippen molar-refractivity contribution >= 4 is 29.5 Å². The number of amides is 2. The molecule has 2 saturated carbocycles. The zero-order valence-electron chi connectivity index (χ0n) is 16.9. The number of rotatable bonds is 5. The molecule has 1 N–H and O–H groups in total. The summed E-state index contributed by atoms with van der Waals surface area (Å²) in [6.45, 7) is 2.79. The molecule has 1 spiro atoms. The van der Waals surface area contributed by atoms with Crippen LogP contribution in [-0.4, -0.2) is 59.9 Å². The van der Waals surface area contributed by atoms with Crippen molar-refractivity contribution in [3.8, 4) is 0 Å². The quantitative estimate of drug-likeness (QED) is 0.706. The molecule has 2 aliphatic heterocycles. The van der Waals surface area contributed by atoms with Gasteiger partial charge in [0.25, 0.3) is 0 Å². The van der Waals surface area contributed by atoms with E-state index in [4.69, 9.17) is 4.74 Å². The van der Waals surface area contributed by atoms with Crippen LogP contribution in [0.15, 0.2) is 0 Å². The number of methoxy groups -OCH3 is 1. The lowest BCUT2D eigenvalue weighted by Gasteiger charge is -2.37. The maximum absolute atomic E-state index is 12.9. The molecule has 0 aromatic rings. The summed E-state index contributed by atoms with van der Waals surface area (Å²) < 4.78 is 4.77. The van der Waals surface area contributed by atoms with Crippen LogP contribution in [0.2, 0.25) is 0 Å². The van der Waals surface area contributed by atoms with Crippen molar-refractivity contribution in [3.63, 3.8) is 0 Å². The van der Waals surface area contributed by atoms with E-state index in [1.807, 2.05) is 16.7 Å². The number of thioether (sulfide) groups is 1. The molecule has 4 aliphatic rings. The Hall–Kier alpha value is -1.24. The number of hydrogen-bond donors (Lipinski definition) is 1. The summed E-state index contributed by atoms with van der Waals surface area (Å²) in [6.07, 6.45) is 6.25. The number of hydrogen-bond acceptors (Lipinski definition) is 5. The van der Waals surface area contributed by atoms with Crippen molar-refractivity contribution in [2.45, 2.75) is 64.0 Å². The summed E-state index contributed by atoms with van der Waals surface area (Å²) in [4.78, 5) is 39.3. The molecule has 0 bridgehead atoms. The van der Waals surface area contributed by atoms with Gasteiger partial charge in [-0.2, -0.15) is 11.8 Å². The van der Waals surface area contributed by atoms with Crippen LogP contribution in [0.25, 0.3) is 0 Å². The first-order chi connectivity index (χ1) is 13.5. The maximum Gasteiger partial charge on any atom is 0.308 e. The minimum atomic E-state index is -0.206. The van der Waals surface area contributed by atoms with Gasteiger partial charge in [-0.25, -0.2) is 0 Å². The van der Waals surface area contributed by atoms with E-state index < -0.39 is 0 Å². The molecular weight excluding hydrogens is 376 g/mol. The van der Waals surface area contributed by atoms with Crippen LogP contribution < -0.4 is 5.32 Å². The fourth-order valence-corrected chi connectivity index (χ4v) is 6.85. The molecular formula is C21H32N2O4S. The van der Waals surface area contributed by atoms with Gasteiger partial charge in [0, 0.05) is 18.4 Å². The molecule has 2 amide bonds. The summed E-state index contributed by atoms with van der Waals surface area (Å²) >= 11 is 2.00. The summed E-state index contributed by atoms with van der Waals surface area (Å²) in [5.74, 6) is 2.50. The van der Waals surface area contributed by atoms with Gasteiger partial charge in [-0.15, -0.1) is 0 Å². The zero-order valence-corrected chi connectivity index (χ0v) is 17.8. The van der Waals surface area contributed by atoms with Crippen LogP contribution in [0.1, 0.15) is 51.9 Å². The molecule has 0 aromatic carbocycles. The summed E-state index contributed by atoms with van der Waals surface area (Å²) in [6, 6.07) is 0.138. The van der Waals surface area contributed by atoms with Crippen LogP contribution in [-0.2, 0) is 19.1 Å². The van der Waals surface area contributed by atoms with Gasteiger partial charge in [-0.05, 0) is 61.9 Å². The van der Waals surface area contributed by atoms with E-state index in [0.717, 1.165) is 19.3 Å². The van der Waals surface area contributed by atoms with E-state index in [2.05, 4.69) is 12.2 Å². The molecule has 6 nitrogen and oxygen atoms in total. The minimum Gasteiger partial charge on any atom is -0.469 e. The highest BCUT2D eigenvalue weighted by Crippen LogP contribution is 2.60. The first kappa shape index (κ1) is 20.0. The van der Waals surface area contributed by atoms with Gasteiger partial charge >= 0.3 is 5.97 Å². The van der Waals surface area contributed by atoms with E-state index >= 15 is 0 Å². The Balaban J connectivity index is 1.30. The van der Waals surface area contributed by atoms with Gasteiger partial charge in [-0.3, -0.25) is 14.4 Å². The highest BCUT2D eigenvalue weighted by atomic mass is 32.2. The largest absolute Gasteiger partial charge is 0.469 e. The number of nitrogens with zero attached hydrogens (tertiary/aromatic N) is 1. The highest BCUT2D eigenvalue weighted by Gasteiger charge is 2.58. The van der Waals surface area contributed by atoms with Crippen molar-refractivity contribution in [1.82, 2.24) is 10.2 Å². The van der Waals surface area contributed by atoms with E-state index in [-0.39, 0.29) is 53.0 Å². The van der Waals surface area contributed by atoms with Gasteiger partial charge in [-0.1, -0.05) is 6.92 Å². The second kappa shape index (κ2) is 7.88. The molecule has 156 valence electrons. The Labute approximate surface area is 171 Å². The van der Waals surface area contributed by atoms with E-state index in [1.165, 1.54) is 31.5 Å².